The maximum atomic E-state index is 14.6. The summed E-state index contributed by atoms with van der Waals surface area (Å²) in [5, 5.41) is 0.478. The molecule has 3 heterocycles. The standard InChI is InChI=1S/C19H15FN4O3S2/c1-12-3-5-13(6-4-12)29(26,27)24-10-8-14-17(15(20)11-22-19(14)24)18-21-9-7-16(23-18)28(2)25/h3-11H,1-2H3. The number of fused-ring (bicyclic) bond motifs is 1. The van der Waals surface area contributed by atoms with Gasteiger partial charge in [0.05, 0.1) is 27.5 Å². The first-order valence-corrected chi connectivity index (χ1v) is 11.4. The van der Waals surface area contributed by atoms with Crippen molar-refractivity contribution in [3.63, 3.8) is 0 Å². The van der Waals surface area contributed by atoms with Crippen molar-refractivity contribution in [1.29, 1.82) is 0 Å². The van der Waals surface area contributed by atoms with Crippen LogP contribution in [0, 0.1) is 12.7 Å². The molecule has 1 atom stereocenters. The maximum absolute atomic E-state index is 14.6. The van der Waals surface area contributed by atoms with Crippen LogP contribution >= 0.6 is 0 Å². The van der Waals surface area contributed by atoms with E-state index in [0.29, 0.717) is 0 Å². The normalized spacial score (nSPS) is 12.9. The number of benzene rings is 1. The average molecular weight is 430 g/mol. The molecule has 29 heavy (non-hydrogen) atoms. The van der Waals surface area contributed by atoms with Gasteiger partial charge in [-0.1, -0.05) is 17.7 Å². The van der Waals surface area contributed by atoms with Gasteiger partial charge in [0.25, 0.3) is 10.0 Å². The molecule has 3 aromatic heterocycles. The van der Waals surface area contributed by atoms with Crippen molar-refractivity contribution in [2.24, 2.45) is 0 Å². The van der Waals surface area contributed by atoms with Gasteiger partial charge in [0.2, 0.25) is 0 Å². The summed E-state index contributed by atoms with van der Waals surface area (Å²) >= 11 is 0. The van der Waals surface area contributed by atoms with E-state index >= 15 is 0 Å². The summed E-state index contributed by atoms with van der Waals surface area (Å²) in [5.41, 5.74) is 0.975. The van der Waals surface area contributed by atoms with Gasteiger partial charge in [0.15, 0.2) is 17.3 Å². The summed E-state index contributed by atoms with van der Waals surface area (Å²) in [6.07, 6.45) is 5.08. The van der Waals surface area contributed by atoms with Crippen LogP contribution in [0.2, 0.25) is 0 Å². The molecule has 0 amide bonds. The SMILES string of the molecule is Cc1ccc(S(=O)(=O)n2ccc3c(-c4nccc(S(C)=O)n4)c(F)cnc32)cc1. The minimum absolute atomic E-state index is 0.000145. The summed E-state index contributed by atoms with van der Waals surface area (Å²) in [6, 6.07) is 9.32. The van der Waals surface area contributed by atoms with Crippen LogP contribution in [0.1, 0.15) is 5.56 Å². The molecule has 0 fully saturated rings. The highest BCUT2D eigenvalue weighted by atomic mass is 32.2. The summed E-state index contributed by atoms with van der Waals surface area (Å²) in [4.78, 5) is 12.3. The second kappa shape index (κ2) is 7.12. The van der Waals surface area contributed by atoms with Crippen LogP contribution in [0.5, 0.6) is 0 Å². The highest BCUT2D eigenvalue weighted by molar-refractivity contribution is 7.90. The molecule has 148 valence electrons. The number of nitrogens with zero attached hydrogens (tertiary/aromatic N) is 4. The van der Waals surface area contributed by atoms with Gasteiger partial charge < -0.3 is 0 Å². The van der Waals surface area contributed by atoms with Gasteiger partial charge in [-0.3, -0.25) is 4.21 Å². The molecule has 0 aliphatic rings. The van der Waals surface area contributed by atoms with E-state index in [1.165, 1.54) is 42.9 Å². The van der Waals surface area contributed by atoms with Gasteiger partial charge >= 0.3 is 0 Å². The molecule has 0 saturated carbocycles. The molecule has 0 aliphatic carbocycles. The van der Waals surface area contributed by atoms with Gasteiger partial charge in [0.1, 0.15) is 5.03 Å². The summed E-state index contributed by atoms with van der Waals surface area (Å²) in [7, 11) is -5.31. The average Bonchev–Trinajstić information content (AvgIpc) is 3.13. The van der Waals surface area contributed by atoms with Gasteiger partial charge in [0, 0.05) is 24.0 Å². The lowest BCUT2D eigenvalue weighted by Crippen LogP contribution is -2.12. The Kier molecular flexibility index (Phi) is 4.75. The van der Waals surface area contributed by atoms with Gasteiger partial charge in [-0.15, -0.1) is 0 Å². The van der Waals surface area contributed by atoms with Crippen molar-refractivity contribution in [1.82, 2.24) is 18.9 Å². The zero-order chi connectivity index (χ0) is 20.8. The molecule has 0 saturated heterocycles. The van der Waals surface area contributed by atoms with Gasteiger partial charge in [-0.05, 0) is 31.2 Å². The third-order valence-corrected chi connectivity index (χ3v) is 6.86. The third-order valence-electron chi connectivity index (χ3n) is 4.36. The molecule has 7 nitrogen and oxygen atoms in total. The molecular formula is C19H15FN4O3S2. The largest absolute Gasteiger partial charge is 0.269 e. The van der Waals surface area contributed by atoms with Crippen LogP contribution in [0.4, 0.5) is 4.39 Å². The number of aromatic nitrogens is 4. The second-order valence-electron chi connectivity index (χ2n) is 6.32. The maximum Gasteiger partial charge on any atom is 0.269 e. The lowest BCUT2D eigenvalue weighted by atomic mass is 10.1. The minimum Gasteiger partial charge on any atom is -0.253 e. The van der Waals surface area contributed by atoms with Crippen molar-refractivity contribution in [2.45, 2.75) is 16.8 Å². The van der Waals surface area contributed by atoms with E-state index < -0.39 is 26.6 Å². The van der Waals surface area contributed by atoms with Crippen LogP contribution < -0.4 is 0 Å². The Morgan fingerprint density at radius 1 is 1.07 bits per heavy atom. The number of aryl methyl sites for hydroxylation is 1. The third kappa shape index (κ3) is 3.34. The second-order valence-corrected chi connectivity index (χ2v) is 9.46. The van der Waals surface area contributed by atoms with E-state index in [1.807, 2.05) is 6.92 Å². The zero-order valence-corrected chi connectivity index (χ0v) is 17.0. The monoisotopic (exact) mass is 430 g/mol. The number of halogens is 1. The fourth-order valence-corrected chi connectivity index (χ4v) is 4.68. The molecular weight excluding hydrogens is 415 g/mol. The number of rotatable bonds is 4. The van der Waals surface area contributed by atoms with Crippen LogP contribution in [0.25, 0.3) is 22.4 Å². The molecule has 1 unspecified atom stereocenters. The molecule has 0 bridgehead atoms. The van der Waals surface area contributed by atoms with E-state index in [9.17, 15) is 17.0 Å². The Balaban J connectivity index is 1.94. The quantitative estimate of drug-likeness (QED) is 0.462. The smallest absolute Gasteiger partial charge is 0.253 e. The topological polar surface area (TPSA) is 94.8 Å². The summed E-state index contributed by atoms with van der Waals surface area (Å²) < 4.78 is 53.5. The van der Waals surface area contributed by atoms with Crippen LogP contribution in [0.3, 0.4) is 0 Å². The predicted molar refractivity (Wildman–Crippen MR) is 107 cm³/mol. The van der Waals surface area contributed by atoms with Crippen molar-refractivity contribution in [2.75, 3.05) is 6.26 Å². The molecule has 0 radical (unpaired) electrons. The molecule has 4 rings (SSSR count). The Bertz CT molecular complexity index is 1370. The number of pyridine rings is 1. The molecule has 1 aromatic carbocycles. The Morgan fingerprint density at radius 3 is 2.48 bits per heavy atom. The molecule has 10 heteroatoms. The Morgan fingerprint density at radius 2 is 1.79 bits per heavy atom. The number of hydrogen-bond donors (Lipinski definition) is 0. The Hall–Kier alpha value is -2.98. The van der Waals surface area contributed by atoms with E-state index in [0.717, 1.165) is 15.7 Å². The highest BCUT2D eigenvalue weighted by Crippen LogP contribution is 2.30. The number of hydrogen-bond acceptors (Lipinski definition) is 6. The van der Waals surface area contributed by atoms with E-state index in [2.05, 4.69) is 15.0 Å². The fraction of sp³-hybridized carbons (Fsp3) is 0.105. The molecule has 0 spiro atoms. The first kappa shape index (κ1) is 19.3. The van der Waals surface area contributed by atoms with Gasteiger partial charge in [-0.25, -0.2) is 31.7 Å². The van der Waals surface area contributed by atoms with Gasteiger partial charge in [-0.2, -0.15) is 0 Å². The zero-order valence-electron chi connectivity index (χ0n) is 15.4. The van der Waals surface area contributed by atoms with Crippen molar-refractivity contribution in [3.05, 3.63) is 66.4 Å². The molecule has 0 N–H and O–H groups in total. The molecule has 0 aliphatic heterocycles. The predicted octanol–water partition coefficient (Wildman–Crippen LogP) is 2.92. The van der Waals surface area contributed by atoms with E-state index in [1.54, 1.807) is 12.1 Å². The van der Waals surface area contributed by atoms with Crippen molar-refractivity contribution >= 4 is 31.9 Å². The fourth-order valence-electron chi connectivity index (χ4n) is 2.91. The van der Waals surface area contributed by atoms with Crippen LogP contribution in [-0.2, 0) is 20.8 Å². The van der Waals surface area contributed by atoms with Crippen LogP contribution in [-0.4, -0.2) is 37.8 Å². The lowest BCUT2D eigenvalue weighted by Gasteiger charge is -2.09. The first-order chi connectivity index (χ1) is 13.8. The van der Waals surface area contributed by atoms with Crippen molar-refractivity contribution in [3.8, 4) is 11.4 Å². The first-order valence-electron chi connectivity index (χ1n) is 8.43. The summed E-state index contributed by atoms with van der Waals surface area (Å²) in [5.74, 6) is -0.699. The van der Waals surface area contributed by atoms with E-state index in [4.69, 9.17) is 0 Å². The lowest BCUT2D eigenvalue weighted by molar-refractivity contribution is 0.588. The molecule has 4 aromatic rings. The Labute approximate surface area is 168 Å². The minimum atomic E-state index is -3.93. The van der Waals surface area contributed by atoms with E-state index in [-0.39, 0.29) is 32.3 Å². The highest BCUT2D eigenvalue weighted by Gasteiger charge is 2.23. The van der Waals surface area contributed by atoms with Crippen LogP contribution in [0.15, 0.2) is 64.9 Å². The van der Waals surface area contributed by atoms with Crippen molar-refractivity contribution < 1.29 is 17.0 Å². The summed E-state index contributed by atoms with van der Waals surface area (Å²) in [6.45, 7) is 1.86.